The first kappa shape index (κ1) is 21.3. The van der Waals surface area contributed by atoms with Crippen molar-refractivity contribution in [3.63, 3.8) is 0 Å². The van der Waals surface area contributed by atoms with E-state index in [0.29, 0.717) is 31.4 Å². The zero-order chi connectivity index (χ0) is 18.9. The number of sulfone groups is 1. The number of hydrogen-bond acceptors (Lipinski definition) is 4. The van der Waals surface area contributed by atoms with Gasteiger partial charge in [0.15, 0.2) is 5.96 Å². The molecule has 0 aliphatic rings. The quantitative estimate of drug-likeness (QED) is 0.397. The molecule has 2 N–H and O–H groups in total. The molecule has 0 spiro atoms. The van der Waals surface area contributed by atoms with E-state index in [4.69, 9.17) is 4.74 Å². The lowest BCUT2D eigenvalue weighted by Crippen LogP contribution is -2.39. The highest BCUT2D eigenvalue weighted by Crippen LogP contribution is 2.18. The minimum atomic E-state index is -2.92. The monoisotopic (exact) mass is 369 g/mol. The van der Waals surface area contributed by atoms with Gasteiger partial charge in [-0.1, -0.05) is 26.0 Å². The molecule has 0 saturated carbocycles. The number of nitrogens with one attached hydrogen (secondary N) is 2. The number of rotatable bonds is 9. The Kier molecular flexibility index (Phi) is 8.75. The van der Waals surface area contributed by atoms with E-state index in [1.54, 1.807) is 7.05 Å². The molecular formula is C18H31N3O3S. The van der Waals surface area contributed by atoms with Gasteiger partial charge < -0.3 is 15.4 Å². The Labute approximate surface area is 152 Å². The summed E-state index contributed by atoms with van der Waals surface area (Å²) in [6, 6.07) is 8.07. The predicted molar refractivity (Wildman–Crippen MR) is 104 cm³/mol. The maximum atomic E-state index is 11.1. The van der Waals surface area contributed by atoms with Crippen LogP contribution in [0.1, 0.15) is 38.8 Å². The molecular weight excluding hydrogens is 338 g/mol. The van der Waals surface area contributed by atoms with E-state index in [1.807, 2.05) is 31.2 Å². The Morgan fingerprint density at radius 3 is 2.36 bits per heavy atom. The van der Waals surface area contributed by atoms with Crippen LogP contribution in [0, 0.1) is 5.92 Å². The normalized spacial score (nSPS) is 13.6. The van der Waals surface area contributed by atoms with Gasteiger partial charge in [0.2, 0.25) is 0 Å². The van der Waals surface area contributed by atoms with Crippen molar-refractivity contribution in [3.8, 4) is 5.75 Å². The third-order valence-corrected chi connectivity index (χ3v) is 4.55. The smallest absolute Gasteiger partial charge is 0.191 e. The summed E-state index contributed by atoms with van der Waals surface area (Å²) >= 11 is 0. The van der Waals surface area contributed by atoms with E-state index >= 15 is 0 Å². The molecule has 142 valence electrons. The zero-order valence-corrected chi connectivity index (χ0v) is 16.7. The highest BCUT2D eigenvalue weighted by Gasteiger charge is 2.09. The van der Waals surface area contributed by atoms with Crippen molar-refractivity contribution in [2.24, 2.45) is 10.9 Å². The van der Waals surface area contributed by atoms with E-state index in [2.05, 4.69) is 29.5 Å². The highest BCUT2D eigenvalue weighted by molar-refractivity contribution is 7.90. The van der Waals surface area contributed by atoms with E-state index in [1.165, 1.54) is 6.26 Å². The minimum Gasteiger partial charge on any atom is -0.493 e. The minimum absolute atomic E-state index is 0.0697. The molecule has 1 aromatic carbocycles. The summed E-state index contributed by atoms with van der Waals surface area (Å²) in [5.41, 5.74) is 1.12. The fourth-order valence-electron chi connectivity index (χ4n) is 2.14. The Balaban J connectivity index is 2.48. The molecule has 1 aromatic rings. The number of benzene rings is 1. The van der Waals surface area contributed by atoms with Crippen LogP contribution in [0.15, 0.2) is 29.3 Å². The van der Waals surface area contributed by atoms with Crippen LogP contribution in [0.25, 0.3) is 0 Å². The SMILES string of the molecule is CN=C(NCCCS(C)(=O)=O)NC(C)c1ccc(OCC(C)C)cc1. The van der Waals surface area contributed by atoms with E-state index in [0.717, 1.165) is 11.3 Å². The van der Waals surface area contributed by atoms with Crippen LogP contribution in [0.3, 0.4) is 0 Å². The summed E-state index contributed by atoms with van der Waals surface area (Å²) in [6.45, 7) is 7.55. The second-order valence-corrected chi connectivity index (χ2v) is 8.88. The number of hydrogen-bond donors (Lipinski definition) is 2. The van der Waals surface area contributed by atoms with Crippen molar-refractivity contribution in [3.05, 3.63) is 29.8 Å². The molecule has 7 heteroatoms. The number of guanidine groups is 1. The number of aliphatic imine (C=N–C) groups is 1. The molecule has 0 amide bonds. The topological polar surface area (TPSA) is 79.8 Å². The van der Waals surface area contributed by atoms with Gasteiger partial charge in [-0.3, -0.25) is 4.99 Å². The number of nitrogens with zero attached hydrogens (tertiary/aromatic N) is 1. The molecule has 0 aliphatic carbocycles. The van der Waals surface area contributed by atoms with Crippen LogP contribution >= 0.6 is 0 Å². The van der Waals surface area contributed by atoms with Crippen LogP contribution in [0.2, 0.25) is 0 Å². The molecule has 1 atom stereocenters. The summed E-state index contributed by atoms with van der Waals surface area (Å²) < 4.78 is 28.0. The Morgan fingerprint density at radius 1 is 1.20 bits per heavy atom. The van der Waals surface area contributed by atoms with Crippen molar-refractivity contribution in [2.75, 3.05) is 32.2 Å². The molecule has 6 nitrogen and oxygen atoms in total. The standard InChI is InChI=1S/C18H31N3O3S/c1-14(2)13-24-17-9-7-16(8-10-17)15(3)21-18(19-4)20-11-6-12-25(5,22)23/h7-10,14-15H,6,11-13H2,1-5H3,(H2,19,20,21). The third-order valence-electron chi connectivity index (χ3n) is 3.52. The van der Waals surface area contributed by atoms with Crippen molar-refractivity contribution in [1.82, 2.24) is 10.6 Å². The Bertz CT molecular complexity index is 640. The molecule has 25 heavy (non-hydrogen) atoms. The van der Waals surface area contributed by atoms with Crippen LogP contribution in [0.4, 0.5) is 0 Å². The average Bonchev–Trinajstić information content (AvgIpc) is 2.55. The summed E-state index contributed by atoms with van der Waals surface area (Å²) in [4.78, 5) is 4.17. The summed E-state index contributed by atoms with van der Waals surface area (Å²) in [5, 5.41) is 6.44. The Morgan fingerprint density at radius 2 is 1.84 bits per heavy atom. The van der Waals surface area contributed by atoms with E-state index < -0.39 is 9.84 Å². The summed E-state index contributed by atoms with van der Waals surface area (Å²) in [7, 11) is -1.23. The van der Waals surface area contributed by atoms with Crippen molar-refractivity contribution < 1.29 is 13.2 Å². The molecule has 1 unspecified atom stereocenters. The first-order chi connectivity index (χ1) is 11.7. The summed E-state index contributed by atoms with van der Waals surface area (Å²) in [6.07, 6.45) is 1.80. The predicted octanol–water partition coefficient (Wildman–Crippen LogP) is 2.38. The van der Waals surface area contributed by atoms with E-state index in [-0.39, 0.29) is 11.8 Å². The Hall–Kier alpha value is -1.76. The van der Waals surface area contributed by atoms with Crippen molar-refractivity contribution in [1.29, 1.82) is 0 Å². The van der Waals surface area contributed by atoms with Crippen LogP contribution in [-0.4, -0.2) is 46.6 Å². The molecule has 0 heterocycles. The molecule has 0 radical (unpaired) electrons. The number of ether oxygens (including phenoxy) is 1. The molecule has 0 saturated heterocycles. The first-order valence-electron chi connectivity index (χ1n) is 8.59. The lowest BCUT2D eigenvalue weighted by molar-refractivity contribution is 0.271. The third kappa shape index (κ3) is 9.34. The summed E-state index contributed by atoms with van der Waals surface area (Å²) in [5.74, 6) is 2.19. The molecule has 0 fully saturated rings. The second-order valence-electron chi connectivity index (χ2n) is 6.62. The second kappa shape index (κ2) is 10.3. The lowest BCUT2D eigenvalue weighted by atomic mass is 10.1. The van der Waals surface area contributed by atoms with Crippen LogP contribution < -0.4 is 15.4 Å². The van der Waals surface area contributed by atoms with Gasteiger partial charge in [0.1, 0.15) is 15.6 Å². The van der Waals surface area contributed by atoms with Gasteiger partial charge in [-0.2, -0.15) is 0 Å². The largest absolute Gasteiger partial charge is 0.493 e. The van der Waals surface area contributed by atoms with Crippen LogP contribution in [-0.2, 0) is 9.84 Å². The van der Waals surface area contributed by atoms with Crippen molar-refractivity contribution in [2.45, 2.75) is 33.2 Å². The fraction of sp³-hybridized carbons (Fsp3) is 0.611. The van der Waals surface area contributed by atoms with Gasteiger partial charge in [-0.15, -0.1) is 0 Å². The maximum absolute atomic E-state index is 11.1. The van der Waals surface area contributed by atoms with Crippen LogP contribution in [0.5, 0.6) is 5.75 Å². The molecule has 0 bridgehead atoms. The van der Waals surface area contributed by atoms with Gasteiger partial charge in [-0.25, -0.2) is 8.42 Å². The highest BCUT2D eigenvalue weighted by atomic mass is 32.2. The van der Waals surface area contributed by atoms with Gasteiger partial charge in [0, 0.05) is 19.8 Å². The molecule has 0 aliphatic heterocycles. The fourth-order valence-corrected chi connectivity index (χ4v) is 2.81. The average molecular weight is 370 g/mol. The first-order valence-corrected chi connectivity index (χ1v) is 10.6. The molecule has 0 aromatic heterocycles. The van der Waals surface area contributed by atoms with E-state index in [9.17, 15) is 8.42 Å². The van der Waals surface area contributed by atoms with Gasteiger partial charge in [0.25, 0.3) is 0 Å². The van der Waals surface area contributed by atoms with Crippen molar-refractivity contribution >= 4 is 15.8 Å². The van der Waals surface area contributed by atoms with Gasteiger partial charge in [0.05, 0.1) is 18.4 Å². The molecule has 1 rings (SSSR count). The van der Waals surface area contributed by atoms with Gasteiger partial charge in [-0.05, 0) is 37.0 Å². The van der Waals surface area contributed by atoms with Gasteiger partial charge >= 0.3 is 0 Å². The lowest BCUT2D eigenvalue weighted by Gasteiger charge is -2.18. The zero-order valence-electron chi connectivity index (χ0n) is 15.9. The maximum Gasteiger partial charge on any atom is 0.191 e.